The molecule has 0 aromatic heterocycles. The summed E-state index contributed by atoms with van der Waals surface area (Å²) in [5.74, 6) is 4.41. The average molecular weight is 365 g/mol. The predicted molar refractivity (Wildman–Crippen MR) is 112 cm³/mol. The first-order valence-electron chi connectivity index (χ1n) is 10.3. The van der Waals surface area contributed by atoms with Gasteiger partial charge in [-0.05, 0) is 64.7 Å². The van der Waals surface area contributed by atoms with Gasteiger partial charge in [0.15, 0.2) is 0 Å². The zero-order valence-electron chi connectivity index (χ0n) is 16.7. The minimum Gasteiger partial charge on any atom is -0.481 e. The van der Waals surface area contributed by atoms with Crippen LogP contribution < -0.4 is 11.3 Å². The van der Waals surface area contributed by atoms with Crippen LogP contribution in [0.15, 0.2) is 36.5 Å². The lowest BCUT2D eigenvalue weighted by Crippen LogP contribution is -2.22. The number of hydrogen-bond donors (Lipinski definition) is 3. The number of hydrogen-bond acceptors (Lipinski definition) is 3. The minimum absolute atomic E-state index is 0.184. The summed E-state index contributed by atoms with van der Waals surface area (Å²) in [4.78, 5) is 11.3. The maximum absolute atomic E-state index is 11.3. The van der Waals surface area contributed by atoms with E-state index >= 15 is 0 Å². The fourth-order valence-electron chi connectivity index (χ4n) is 2.87. The standard InChI is InChI=1S/C22H40N2O2/c1-2-3-4-5-6-7-8-9-10-11-12-15-18-21(22(25)26)19-16-13-14-17-20-24-23/h2-3,6-7,10-11,21,24H,4-5,8-9,12-20,23H2,1H3,(H,25,26). The van der Waals surface area contributed by atoms with Crippen molar-refractivity contribution < 1.29 is 9.90 Å². The van der Waals surface area contributed by atoms with Crippen molar-refractivity contribution in [3.63, 3.8) is 0 Å². The molecule has 0 aromatic rings. The number of carbonyl (C=O) groups is 1. The number of nitrogens with one attached hydrogen (secondary N) is 1. The highest BCUT2D eigenvalue weighted by Gasteiger charge is 2.15. The largest absolute Gasteiger partial charge is 0.481 e. The number of nitrogens with two attached hydrogens (primary N) is 1. The van der Waals surface area contributed by atoms with Gasteiger partial charge in [0.2, 0.25) is 0 Å². The van der Waals surface area contributed by atoms with E-state index < -0.39 is 5.97 Å². The van der Waals surface area contributed by atoms with Crippen molar-refractivity contribution in [2.75, 3.05) is 6.54 Å². The number of rotatable bonds is 18. The van der Waals surface area contributed by atoms with Crippen molar-refractivity contribution in [3.05, 3.63) is 36.5 Å². The smallest absolute Gasteiger partial charge is 0.306 e. The Bertz CT molecular complexity index is 403. The quantitative estimate of drug-likeness (QED) is 0.129. The van der Waals surface area contributed by atoms with Gasteiger partial charge in [-0.25, -0.2) is 0 Å². The van der Waals surface area contributed by atoms with Crippen molar-refractivity contribution in [1.82, 2.24) is 5.43 Å². The third-order valence-corrected chi connectivity index (χ3v) is 4.47. The highest BCUT2D eigenvalue weighted by Crippen LogP contribution is 2.18. The van der Waals surface area contributed by atoms with Crippen LogP contribution in [0.2, 0.25) is 0 Å². The lowest BCUT2D eigenvalue weighted by atomic mass is 9.95. The summed E-state index contributed by atoms with van der Waals surface area (Å²) in [5, 5.41) is 9.33. The predicted octanol–water partition coefficient (Wildman–Crippen LogP) is 5.52. The molecular formula is C22H40N2O2. The number of carboxylic acid groups (broad SMARTS) is 1. The number of unbranched alkanes of at least 4 members (excludes halogenated alkanes) is 6. The first kappa shape index (κ1) is 24.6. The maximum Gasteiger partial charge on any atom is 0.306 e. The third-order valence-electron chi connectivity index (χ3n) is 4.47. The van der Waals surface area contributed by atoms with Crippen molar-refractivity contribution in [2.45, 2.75) is 84.0 Å². The van der Waals surface area contributed by atoms with E-state index in [2.05, 4.69) is 48.8 Å². The van der Waals surface area contributed by atoms with Crippen LogP contribution in [-0.2, 0) is 4.79 Å². The maximum atomic E-state index is 11.3. The Balaban J connectivity index is 3.65. The van der Waals surface area contributed by atoms with E-state index in [-0.39, 0.29) is 5.92 Å². The van der Waals surface area contributed by atoms with Crippen LogP contribution in [0.3, 0.4) is 0 Å². The molecule has 1 atom stereocenters. The van der Waals surface area contributed by atoms with Crippen molar-refractivity contribution in [1.29, 1.82) is 0 Å². The Kier molecular flexibility index (Phi) is 18.9. The van der Waals surface area contributed by atoms with Gasteiger partial charge >= 0.3 is 5.97 Å². The van der Waals surface area contributed by atoms with Gasteiger partial charge in [-0.2, -0.15) is 0 Å². The number of aliphatic carboxylic acids is 1. The van der Waals surface area contributed by atoms with Gasteiger partial charge in [0.1, 0.15) is 0 Å². The second kappa shape index (κ2) is 19.9. The summed E-state index contributed by atoms with van der Waals surface area (Å²) < 4.78 is 0. The highest BCUT2D eigenvalue weighted by molar-refractivity contribution is 5.69. The molecule has 0 heterocycles. The fourth-order valence-corrected chi connectivity index (χ4v) is 2.87. The van der Waals surface area contributed by atoms with Gasteiger partial charge in [0, 0.05) is 6.54 Å². The lowest BCUT2D eigenvalue weighted by molar-refractivity contribution is -0.142. The molecule has 0 rings (SSSR count). The molecule has 26 heavy (non-hydrogen) atoms. The summed E-state index contributed by atoms with van der Waals surface area (Å²) in [7, 11) is 0. The average Bonchev–Trinajstić information content (AvgIpc) is 2.63. The SMILES string of the molecule is CC=CCCC=CCCC=CCCCC(CCCCCCNN)C(=O)O. The van der Waals surface area contributed by atoms with E-state index in [1.54, 1.807) is 0 Å². The van der Waals surface area contributed by atoms with Gasteiger partial charge in [-0.3, -0.25) is 16.1 Å². The fraction of sp³-hybridized carbons (Fsp3) is 0.682. The Morgan fingerprint density at radius 2 is 1.38 bits per heavy atom. The summed E-state index contributed by atoms with van der Waals surface area (Å²) in [5.41, 5.74) is 2.64. The van der Waals surface area contributed by atoms with Crippen molar-refractivity contribution in [3.8, 4) is 0 Å². The van der Waals surface area contributed by atoms with Gasteiger partial charge in [-0.15, -0.1) is 0 Å². The molecule has 0 aliphatic carbocycles. The van der Waals surface area contributed by atoms with Crippen LogP contribution in [0, 0.1) is 5.92 Å². The Morgan fingerprint density at radius 1 is 0.846 bits per heavy atom. The van der Waals surface area contributed by atoms with E-state index in [1.165, 1.54) is 0 Å². The summed E-state index contributed by atoms with van der Waals surface area (Å²) in [6.07, 6.45) is 25.4. The topological polar surface area (TPSA) is 75.3 Å². The molecule has 0 bridgehead atoms. The molecule has 1 unspecified atom stereocenters. The highest BCUT2D eigenvalue weighted by atomic mass is 16.4. The Hall–Kier alpha value is -1.39. The van der Waals surface area contributed by atoms with Gasteiger partial charge in [-0.1, -0.05) is 55.7 Å². The van der Waals surface area contributed by atoms with Crippen LogP contribution >= 0.6 is 0 Å². The van der Waals surface area contributed by atoms with Gasteiger partial charge in [0.25, 0.3) is 0 Å². The summed E-state index contributed by atoms with van der Waals surface area (Å²) in [6, 6.07) is 0. The van der Waals surface area contributed by atoms with E-state index in [0.29, 0.717) is 0 Å². The summed E-state index contributed by atoms with van der Waals surface area (Å²) in [6.45, 7) is 2.89. The summed E-state index contributed by atoms with van der Waals surface area (Å²) >= 11 is 0. The molecular weight excluding hydrogens is 324 g/mol. The van der Waals surface area contributed by atoms with Crippen molar-refractivity contribution >= 4 is 5.97 Å². The molecule has 150 valence electrons. The third kappa shape index (κ3) is 17.4. The molecule has 0 aromatic carbocycles. The molecule has 4 heteroatoms. The molecule has 4 N–H and O–H groups in total. The molecule has 0 radical (unpaired) electrons. The first-order chi connectivity index (χ1) is 12.7. The van der Waals surface area contributed by atoms with Crippen LogP contribution in [-0.4, -0.2) is 17.6 Å². The van der Waals surface area contributed by atoms with E-state index in [1.807, 2.05) is 0 Å². The molecule has 0 aliphatic heterocycles. The lowest BCUT2D eigenvalue weighted by Gasteiger charge is -2.11. The molecule has 0 fully saturated rings. The molecule has 4 nitrogen and oxygen atoms in total. The normalized spacial score (nSPS) is 13.3. The molecule has 0 saturated heterocycles. The second-order valence-electron chi connectivity index (χ2n) is 6.79. The zero-order chi connectivity index (χ0) is 19.3. The van der Waals surface area contributed by atoms with Crippen LogP contribution in [0.25, 0.3) is 0 Å². The molecule has 0 aliphatic rings. The van der Waals surface area contributed by atoms with E-state index in [4.69, 9.17) is 5.84 Å². The van der Waals surface area contributed by atoms with Crippen molar-refractivity contribution in [2.24, 2.45) is 11.8 Å². The first-order valence-corrected chi connectivity index (χ1v) is 10.3. The van der Waals surface area contributed by atoms with E-state index in [0.717, 1.165) is 83.6 Å². The number of carboxylic acids is 1. The van der Waals surface area contributed by atoms with Crippen LogP contribution in [0.4, 0.5) is 0 Å². The van der Waals surface area contributed by atoms with Gasteiger partial charge in [0.05, 0.1) is 5.92 Å². The second-order valence-corrected chi connectivity index (χ2v) is 6.79. The van der Waals surface area contributed by atoms with E-state index in [9.17, 15) is 9.90 Å². The Morgan fingerprint density at radius 3 is 1.96 bits per heavy atom. The minimum atomic E-state index is -0.638. The molecule has 0 spiro atoms. The monoisotopic (exact) mass is 364 g/mol. The van der Waals surface area contributed by atoms with Gasteiger partial charge < -0.3 is 5.11 Å². The zero-order valence-corrected chi connectivity index (χ0v) is 16.7. The number of hydrazine groups is 1. The number of allylic oxidation sites excluding steroid dienone is 6. The van der Waals surface area contributed by atoms with Crippen LogP contribution in [0.5, 0.6) is 0 Å². The Labute approximate surface area is 160 Å². The molecule has 0 saturated carbocycles. The van der Waals surface area contributed by atoms with Crippen LogP contribution in [0.1, 0.15) is 84.0 Å². The molecule has 0 amide bonds.